The third-order valence-electron chi connectivity index (χ3n) is 7.79. The summed E-state index contributed by atoms with van der Waals surface area (Å²) in [7, 11) is 0. The van der Waals surface area contributed by atoms with Gasteiger partial charge in [0.2, 0.25) is 17.7 Å². The minimum atomic E-state index is -1.12. The molecule has 31 heavy (non-hydrogen) atoms. The SMILES string of the molecule is Cc1ccc2c(c1C)NC(=O)[C@@]21[C@H]2C(=O)N(c3ccccc3Br)C(=O)[C@@H]2[C@H]2CCCN21. The van der Waals surface area contributed by atoms with Gasteiger partial charge in [-0.1, -0.05) is 24.3 Å². The molecule has 0 bridgehead atoms. The number of carbonyl (C=O) groups excluding carboxylic acids is 3. The van der Waals surface area contributed by atoms with Crippen molar-refractivity contribution in [2.24, 2.45) is 11.8 Å². The van der Waals surface area contributed by atoms with Gasteiger partial charge in [0, 0.05) is 21.8 Å². The van der Waals surface area contributed by atoms with Gasteiger partial charge < -0.3 is 5.32 Å². The van der Waals surface area contributed by atoms with Crippen LogP contribution in [-0.2, 0) is 19.9 Å². The fourth-order valence-corrected chi connectivity index (χ4v) is 6.85. The first-order valence-corrected chi connectivity index (χ1v) is 11.5. The highest BCUT2D eigenvalue weighted by Crippen LogP contribution is 2.61. The zero-order valence-electron chi connectivity index (χ0n) is 17.3. The number of imide groups is 1. The Labute approximate surface area is 188 Å². The van der Waals surface area contributed by atoms with Crippen LogP contribution in [0.25, 0.3) is 0 Å². The van der Waals surface area contributed by atoms with E-state index < -0.39 is 17.4 Å². The maximum absolute atomic E-state index is 13.9. The van der Waals surface area contributed by atoms with Gasteiger partial charge in [-0.25, -0.2) is 4.90 Å². The van der Waals surface area contributed by atoms with E-state index in [4.69, 9.17) is 0 Å². The van der Waals surface area contributed by atoms with Crippen LogP contribution < -0.4 is 10.2 Å². The molecule has 7 heteroatoms. The molecule has 3 fully saturated rings. The van der Waals surface area contributed by atoms with Crippen LogP contribution >= 0.6 is 15.9 Å². The van der Waals surface area contributed by atoms with Crippen molar-refractivity contribution in [3.05, 3.63) is 57.6 Å². The quantitative estimate of drug-likeness (QED) is 0.635. The van der Waals surface area contributed by atoms with E-state index in [1.165, 1.54) is 4.90 Å². The molecule has 4 aliphatic rings. The molecule has 3 saturated heterocycles. The summed E-state index contributed by atoms with van der Waals surface area (Å²) < 4.78 is 0.691. The summed E-state index contributed by atoms with van der Waals surface area (Å²) in [6.07, 6.45) is 1.73. The smallest absolute Gasteiger partial charge is 0.250 e. The lowest BCUT2D eigenvalue weighted by atomic mass is 9.75. The van der Waals surface area contributed by atoms with Gasteiger partial charge >= 0.3 is 0 Å². The summed E-state index contributed by atoms with van der Waals surface area (Å²) in [6.45, 7) is 4.73. The summed E-state index contributed by atoms with van der Waals surface area (Å²) in [5.41, 5.74) is 3.17. The van der Waals surface area contributed by atoms with Crippen LogP contribution in [0, 0.1) is 25.7 Å². The number of aryl methyl sites for hydroxylation is 1. The summed E-state index contributed by atoms with van der Waals surface area (Å²) >= 11 is 3.49. The number of benzene rings is 2. The van der Waals surface area contributed by atoms with E-state index in [-0.39, 0.29) is 23.8 Å². The normalized spacial score (nSPS) is 31.4. The van der Waals surface area contributed by atoms with Crippen LogP contribution in [0.5, 0.6) is 0 Å². The summed E-state index contributed by atoms with van der Waals surface area (Å²) in [5, 5.41) is 3.09. The van der Waals surface area contributed by atoms with Gasteiger partial charge in [0.25, 0.3) is 0 Å². The van der Waals surface area contributed by atoms with Gasteiger partial charge in [0.15, 0.2) is 0 Å². The van der Waals surface area contributed by atoms with Gasteiger partial charge in [-0.2, -0.15) is 0 Å². The second kappa shape index (κ2) is 6.26. The molecule has 0 radical (unpaired) electrons. The van der Waals surface area contributed by atoms with Crippen molar-refractivity contribution in [2.45, 2.75) is 38.3 Å². The van der Waals surface area contributed by atoms with Crippen molar-refractivity contribution >= 4 is 45.0 Å². The molecular weight excluding hydrogens is 458 g/mol. The predicted molar refractivity (Wildman–Crippen MR) is 120 cm³/mol. The minimum absolute atomic E-state index is 0.104. The van der Waals surface area contributed by atoms with Crippen molar-refractivity contribution in [1.29, 1.82) is 0 Å². The van der Waals surface area contributed by atoms with Gasteiger partial charge in [-0.05, 0) is 72.4 Å². The van der Waals surface area contributed by atoms with Gasteiger partial charge in [-0.3, -0.25) is 19.3 Å². The molecule has 2 aromatic carbocycles. The number of para-hydroxylation sites is 1. The van der Waals surface area contributed by atoms with E-state index in [2.05, 4.69) is 26.1 Å². The number of nitrogens with one attached hydrogen (secondary N) is 1. The number of fused-ring (bicyclic) bond motifs is 7. The maximum Gasteiger partial charge on any atom is 0.250 e. The Balaban J connectivity index is 1.59. The van der Waals surface area contributed by atoms with Crippen molar-refractivity contribution < 1.29 is 14.4 Å². The second-order valence-electron chi connectivity index (χ2n) is 9.02. The highest BCUT2D eigenvalue weighted by atomic mass is 79.9. The zero-order chi connectivity index (χ0) is 21.7. The standard InChI is InChI=1S/C24H22BrN3O3/c1-12-9-10-14-20(13(12)2)26-23(31)24(14)19-18(17-8-5-11-27(17)24)21(29)28(22(19)30)16-7-4-3-6-15(16)25/h3-4,6-7,9-10,17-19H,5,8,11H2,1-2H3,(H,26,31)/t17-,18-,19-,24+/m1/s1. The van der Waals surface area contributed by atoms with E-state index in [9.17, 15) is 14.4 Å². The Bertz CT molecular complexity index is 1190. The number of nitrogens with zero attached hydrogens (tertiary/aromatic N) is 2. The van der Waals surface area contributed by atoms with Crippen LogP contribution in [0.15, 0.2) is 40.9 Å². The molecule has 1 spiro atoms. The number of halogens is 1. The second-order valence-corrected chi connectivity index (χ2v) is 9.87. The van der Waals surface area contributed by atoms with Crippen molar-refractivity contribution in [3.8, 4) is 0 Å². The van der Waals surface area contributed by atoms with E-state index in [1.807, 2.05) is 44.2 Å². The lowest BCUT2D eigenvalue weighted by molar-refractivity contribution is -0.135. The molecule has 4 aliphatic heterocycles. The van der Waals surface area contributed by atoms with Gasteiger partial charge in [0.1, 0.15) is 5.54 Å². The molecular formula is C24H22BrN3O3. The van der Waals surface area contributed by atoms with Crippen LogP contribution in [0.1, 0.15) is 29.5 Å². The predicted octanol–water partition coefficient (Wildman–Crippen LogP) is 3.50. The number of hydrogen-bond donors (Lipinski definition) is 1. The minimum Gasteiger partial charge on any atom is -0.324 e. The third kappa shape index (κ3) is 2.13. The molecule has 2 aromatic rings. The van der Waals surface area contributed by atoms with Crippen molar-refractivity contribution in [2.75, 3.05) is 16.8 Å². The first kappa shape index (κ1) is 19.2. The van der Waals surface area contributed by atoms with E-state index in [0.29, 0.717) is 16.7 Å². The number of hydrogen-bond acceptors (Lipinski definition) is 4. The van der Waals surface area contributed by atoms with Crippen LogP contribution in [0.4, 0.5) is 11.4 Å². The number of carbonyl (C=O) groups is 3. The highest BCUT2D eigenvalue weighted by molar-refractivity contribution is 9.10. The van der Waals surface area contributed by atoms with E-state index >= 15 is 0 Å². The lowest BCUT2D eigenvalue weighted by Gasteiger charge is -2.36. The molecule has 6 nitrogen and oxygen atoms in total. The number of anilines is 2. The average Bonchev–Trinajstić information content (AvgIpc) is 3.45. The first-order chi connectivity index (χ1) is 14.9. The zero-order valence-corrected chi connectivity index (χ0v) is 18.9. The third-order valence-corrected chi connectivity index (χ3v) is 8.46. The molecule has 158 valence electrons. The molecule has 4 atom stereocenters. The molecule has 6 rings (SSSR count). The largest absolute Gasteiger partial charge is 0.324 e. The molecule has 0 unspecified atom stereocenters. The van der Waals surface area contributed by atoms with Crippen LogP contribution in [0.3, 0.4) is 0 Å². The number of rotatable bonds is 1. The molecule has 0 aliphatic carbocycles. The molecule has 0 saturated carbocycles. The van der Waals surface area contributed by atoms with Gasteiger partial charge in [-0.15, -0.1) is 0 Å². The molecule has 3 amide bonds. The first-order valence-electron chi connectivity index (χ1n) is 10.7. The highest BCUT2D eigenvalue weighted by Gasteiger charge is 2.74. The molecule has 1 N–H and O–H groups in total. The van der Waals surface area contributed by atoms with E-state index in [0.717, 1.165) is 35.2 Å². The molecule has 0 aromatic heterocycles. The Hall–Kier alpha value is -2.51. The average molecular weight is 480 g/mol. The Morgan fingerprint density at radius 1 is 1.06 bits per heavy atom. The monoisotopic (exact) mass is 479 g/mol. The molecule has 4 heterocycles. The maximum atomic E-state index is 13.9. The summed E-state index contributed by atoms with van der Waals surface area (Å²) in [6, 6.07) is 11.2. The lowest BCUT2D eigenvalue weighted by Crippen LogP contribution is -2.54. The summed E-state index contributed by atoms with van der Waals surface area (Å²) in [4.78, 5) is 44.8. The van der Waals surface area contributed by atoms with Gasteiger partial charge in [0.05, 0.1) is 17.5 Å². The fraction of sp³-hybridized carbons (Fsp3) is 0.375. The fourth-order valence-electron chi connectivity index (χ4n) is 6.39. The summed E-state index contributed by atoms with van der Waals surface area (Å²) in [5.74, 6) is -1.88. The van der Waals surface area contributed by atoms with Crippen molar-refractivity contribution in [3.63, 3.8) is 0 Å². The van der Waals surface area contributed by atoms with Crippen molar-refractivity contribution in [1.82, 2.24) is 4.90 Å². The number of amides is 3. The Kier molecular flexibility index (Phi) is 3.88. The topological polar surface area (TPSA) is 69.7 Å². The van der Waals surface area contributed by atoms with Crippen LogP contribution in [0.2, 0.25) is 0 Å². The Morgan fingerprint density at radius 3 is 2.61 bits per heavy atom. The van der Waals surface area contributed by atoms with E-state index in [1.54, 1.807) is 6.07 Å². The van der Waals surface area contributed by atoms with Crippen LogP contribution in [-0.4, -0.2) is 35.2 Å². The Morgan fingerprint density at radius 2 is 1.84 bits per heavy atom.